The molecule has 0 unspecified atom stereocenters. The summed E-state index contributed by atoms with van der Waals surface area (Å²) < 4.78 is 47.2. The molecule has 234 valence electrons. The van der Waals surface area contributed by atoms with Gasteiger partial charge in [-0.25, -0.2) is 13.6 Å². The van der Waals surface area contributed by atoms with Gasteiger partial charge in [0.05, 0.1) is 24.9 Å². The van der Waals surface area contributed by atoms with Crippen LogP contribution in [0.25, 0.3) is 11.1 Å². The van der Waals surface area contributed by atoms with Crippen LogP contribution >= 0.6 is 0 Å². The van der Waals surface area contributed by atoms with Crippen LogP contribution in [0.3, 0.4) is 0 Å². The second-order valence-electron chi connectivity index (χ2n) is 12.5. The topological polar surface area (TPSA) is 85.3 Å². The van der Waals surface area contributed by atoms with Gasteiger partial charge in [0.25, 0.3) is 5.91 Å². The Bertz CT molecular complexity index is 1660. The largest absolute Gasteiger partial charge is 0.493 e. The maximum absolute atomic E-state index is 15.6. The second-order valence-corrected chi connectivity index (χ2v) is 12.5. The molecular weight excluding hydrogens is 568 g/mol. The Morgan fingerprint density at radius 3 is 2.39 bits per heavy atom. The molecule has 1 atom stereocenters. The summed E-state index contributed by atoms with van der Waals surface area (Å²) in [6, 6.07) is 5.68. The third kappa shape index (κ3) is 5.54. The Kier molecular flexibility index (Phi) is 8.46. The van der Waals surface area contributed by atoms with Gasteiger partial charge in [-0.2, -0.15) is 0 Å². The number of halogens is 2. The number of aliphatic carboxylic acids is 1. The maximum atomic E-state index is 15.6. The van der Waals surface area contributed by atoms with Crippen LogP contribution in [0.15, 0.2) is 24.3 Å². The van der Waals surface area contributed by atoms with Gasteiger partial charge in [0.2, 0.25) is 0 Å². The highest BCUT2D eigenvalue weighted by molar-refractivity contribution is 5.97. The van der Waals surface area contributed by atoms with Crippen LogP contribution in [0.5, 0.6) is 11.5 Å². The molecule has 44 heavy (non-hydrogen) atoms. The van der Waals surface area contributed by atoms with Crippen LogP contribution in [-0.4, -0.2) is 47.7 Å². The predicted molar refractivity (Wildman–Crippen MR) is 162 cm³/mol. The molecule has 3 aromatic carbocycles. The van der Waals surface area contributed by atoms with Crippen molar-refractivity contribution in [1.29, 1.82) is 0 Å². The van der Waals surface area contributed by atoms with Crippen molar-refractivity contribution in [3.05, 3.63) is 80.4 Å². The van der Waals surface area contributed by atoms with E-state index in [1.54, 1.807) is 25.7 Å². The fraction of sp³-hybridized carbons (Fsp3) is 0.429. The molecule has 2 aliphatic heterocycles. The molecule has 0 fully saturated rings. The highest BCUT2D eigenvalue weighted by Crippen LogP contribution is 2.46. The summed E-state index contributed by atoms with van der Waals surface area (Å²) in [6.45, 7) is 12.1. The molecule has 0 saturated carbocycles. The molecule has 1 amide bonds. The Balaban J connectivity index is 1.74. The molecule has 7 nitrogen and oxygen atoms in total. The van der Waals surface area contributed by atoms with E-state index in [1.165, 1.54) is 31.4 Å². The van der Waals surface area contributed by atoms with Gasteiger partial charge < -0.3 is 24.2 Å². The third-order valence-corrected chi connectivity index (χ3v) is 8.65. The zero-order chi connectivity index (χ0) is 32.1. The molecule has 9 heteroatoms. The lowest BCUT2D eigenvalue weighted by Gasteiger charge is -2.36. The molecule has 0 spiro atoms. The van der Waals surface area contributed by atoms with E-state index < -0.39 is 29.3 Å². The SMILES string of the molecule is COc1c(F)cccc1C(=O)N1CCc2c(C)c([C@@H](OC(C)(C)C)C(=O)O)c(-c3cc(F)c4c(c3C)CCCO4)c(C)c2C1. The number of para-hydroxylation sites is 1. The van der Waals surface area contributed by atoms with E-state index in [0.29, 0.717) is 42.7 Å². The van der Waals surface area contributed by atoms with Crippen molar-refractivity contribution < 1.29 is 37.7 Å². The molecular formula is C35H39F2NO6. The number of carbonyl (C=O) groups excluding carboxylic acids is 1. The van der Waals surface area contributed by atoms with Gasteiger partial charge in [0.15, 0.2) is 29.2 Å². The van der Waals surface area contributed by atoms with Crippen molar-refractivity contribution in [3.8, 4) is 22.6 Å². The minimum atomic E-state index is -1.32. The van der Waals surface area contributed by atoms with Gasteiger partial charge in [-0.1, -0.05) is 6.07 Å². The van der Waals surface area contributed by atoms with Crippen LogP contribution in [0.1, 0.15) is 82.6 Å². The summed E-state index contributed by atoms with van der Waals surface area (Å²) >= 11 is 0. The standard InChI is InChI=1S/C35H39F2NO6/c1-18-22-11-9-15-43-31(22)27(37)16-24(18)28-20(3)25-17-38(33(39)23-10-8-12-26(36)30(23)42-7)14-13-21(25)19(2)29(28)32(34(40)41)44-35(4,5)6/h8,10,12,16,32H,9,11,13-15,17H2,1-7H3,(H,40,41)/t32-/m1/s1. The Morgan fingerprint density at radius 2 is 1.73 bits per heavy atom. The van der Waals surface area contributed by atoms with E-state index in [-0.39, 0.29) is 29.5 Å². The van der Waals surface area contributed by atoms with Gasteiger partial charge in [-0.05, 0) is 118 Å². The van der Waals surface area contributed by atoms with Crippen LogP contribution in [0.4, 0.5) is 8.78 Å². The minimum absolute atomic E-state index is 0.113. The molecule has 5 rings (SSSR count). The van der Waals surface area contributed by atoms with Crippen molar-refractivity contribution in [2.45, 2.75) is 79.1 Å². The summed E-state index contributed by atoms with van der Waals surface area (Å²) in [5, 5.41) is 10.5. The number of hydrogen-bond donors (Lipinski definition) is 1. The molecule has 0 saturated heterocycles. The zero-order valence-electron chi connectivity index (χ0n) is 26.3. The number of benzene rings is 3. The highest BCUT2D eigenvalue weighted by Gasteiger charge is 2.37. The quantitative estimate of drug-likeness (QED) is 0.324. The highest BCUT2D eigenvalue weighted by atomic mass is 19.1. The van der Waals surface area contributed by atoms with Crippen molar-refractivity contribution in [2.24, 2.45) is 0 Å². The number of fused-ring (bicyclic) bond motifs is 2. The maximum Gasteiger partial charge on any atom is 0.337 e. The number of nitrogens with zero attached hydrogens (tertiary/aromatic N) is 1. The van der Waals surface area contributed by atoms with E-state index in [2.05, 4.69) is 0 Å². The number of methoxy groups -OCH3 is 1. The Morgan fingerprint density at radius 1 is 1.00 bits per heavy atom. The molecule has 0 radical (unpaired) electrons. The lowest BCUT2D eigenvalue weighted by molar-refractivity contribution is -0.160. The van der Waals surface area contributed by atoms with E-state index in [4.69, 9.17) is 14.2 Å². The van der Waals surface area contributed by atoms with Gasteiger partial charge in [-0.3, -0.25) is 4.79 Å². The predicted octanol–water partition coefficient (Wildman–Crippen LogP) is 7.03. The van der Waals surface area contributed by atoms with Gasteiger partial charge in [-0.15, -0.1) is 0 Å². The Hall–Kier alpha value is -3.98. The van der Waals surface area contributed by atoms with Crippen molar-refractivity contribution in [2.75, 3.05) is 20.3 Å². The average molecular weight is 608 g/mol. The zero-order valence-corrected chi connectivity index (χ0v) is 26.3. The third-order valence-electron chi connectivity index (χ3n) is 8.65. The number of amides is 1. The number of rotatable bonds is 6. The van der Waals surface area contributed by atoms with E-state index >= 15 is 4.39 Å². The molecule has 0 aliphatic carbocycles. The van der Waals surface area contributed by atoms with Crippen molar-refractivity contribution in [3.63, 3.8) is 0 Å². The van der Waals surface area contributed by atoms with Gasteiger partial charge in [0.1, 0.15) is 0 Å². The monoisotopic (exact) mass is 607 g/mol. The molecule has 0 aromatic heterocycles. The summed E-state index contributed by atoms with van der Waals surface area (Å²) in [6.07, 6.45) is 0.520. The minimum Gasteiger partial charge on any atom is -0.493 e. The van der Waals surface area contributed by atoms with Crippen molar-refractivity contribution in [1.82, 2.24) is 4.90 Å². The van der Waals surface area contributed by atoms with Crippen LogP contribution in [0.2, 0.25) is 0 Å². The first-order valence-corrected chi connectivity index (χ1v) is 14.9. The molecule has 2 heterocycles. The molecule has 2 aliphatic rings. The second kappa shape index (κ2) is 11.8. The molecule has 0 bridgehead atoms. The van der Waals surface area contributed by atoms with E-state index in [0.717, 1.165) is 39.8 Å². The first-order valence-electron chi connectivity index (χ1n) is 14.9. The fourth-order valence-electron chi connectivity index (χ4n) is 6.63. The number of carboxylic acids is 1. The number of carbonyl (C=O) groups is 2. The summed E-state index contributed by atoms with van der Waals surface area (Å²) in [5.74, 6) is -2.51. The van der Waals surface area contributed by atoms with E-state index in [9.17, 15) is 19.1 Å². The average Bonchev–Trinajstić information content (AvgIpc) is 2.98. The lowest BCUT2D eigenvalue weighted by Crippen LogP contribution is -2.37. The number of hydrogen-bond acceptors (Lipinski definition) is 5. The number of ether oxygens (including phenoxy) is 3. The molecule has 3 aromatic rings. The van der Waals surface area contributed by atoms with Gasteiger partial charge >= 0.3 is 5.97 Å². The summed E-state index contributed by atoms with van der Waals surface area (Å²) in [4.78, 5) is 28.2. The number of carboxylic acid groups (broad SMARTS) is 1. The lowest BCUT2D eigenvalue weighted by atomic mass is 9.78. The normalized spacial score (nSPS) is 15.2. The smallest absolute Gasteiger partial charge is 0.337 e. The van der Waals surface area contributed by atoms with Crippen LogP contribution in [-0.2, 0) is 28.9 Å². The van der Waals surface area contributed by atoms with Crippen molar-refractivity contribution >= 4 is 11.9 Å². The first-order chi connectivity index (χ1) is 20.7. The fourth-order valence-corrected chi connectivity index (χ4v) is 6.63. The summed E-state index contributed by atoms with van der Waals surface area (Å²) in [5.41, 5.74) is 5.83. The summed E-state index contributed by atoms with van der Waals surface area (Å²) in [7, 11) is 1.33. The van der Waals surface area contributed by atoms with E-state index in [1.807, 2.05) is 20.8 Å². The van der Waals surface area contributed by atoms with Crippen LogP contribution in [0, 0.1) is 32.4 Å². The molecule has 1 N–H and O–H groups in total. The van der Waals surface area contributed by atoms with Crippen LogP contribution < -0.4 is 9.47 Å². The van der Waals surface area contributed by atoms with Gasteiger partial charge in [0, 0.05) is 24.2 Å². The first kappa shape index (κ1) is 31.4. The Labute approximate surface area is 256 Å².